The zero-order chi connectivity index (χ0) is 14.5. The van der Waals surface area contributed by atoms with Crippen LogP contribution >= 0.6 is 0 Å². The monoisotopic (exact) mass is 270 g/mol. The van der Waals surface area contributed by atoms with Gasteiger partial charge in [-0.1, -0.05) is 52.0 Å². The summed E-state index contributed by atoms with van der Waals surface area (Å²) in [5, 5.41) is 9.67. The Balaban J connectivity index is 3.23. The lowest BCUT2D eigenvalue weighted by Gasteiger charge is -2.09. The highest BCUT2D eigenvalue weighted by Gasteiger charge is 2.03. The molecule has 0 aliphatic heterocycles. The first-order valence-corrected chi connectivity index (χ1v) is 7.58. The molecular formula is C16H30O3. The van der Waals surface area contributed by atoms with Crippen molar-refractivity contribution in [2.45, 2.75) is 77.7 Å². The Bertz CT molecular complexity index is 248. The summed E-state index contributed by atoms with van der Waals surface area (Å²) in [6.07, 6.45) is 9.40. The van der Waals surface area contributed by atoms with Crippen molar-refractivity contribution in [2.75, 3.05) is 6.61 Å². The van der Waals surface area contributed by atoms with Crippen LogP contribution in [0.25, 0.3) is 0 Å². The van der Waals surface area contributed by atoms with Crippen molar-refractivity contribution in [1.29, 1.82) is 0 Å². The maximum absolute atomic E-state index is 11.1. The van der Waals surface area contributed by atoms with Crippen LogP contribution in [0.1, 0.15) is 71.6 Å². The molecule has 0 radical (unpaired) electrons. The van der Waals surface area contributed by atoms with Crippen molar-refractivity contribution in [3.63, 3.8) is 0 Å². The van der Waals surface area contributed by atoms with E-state index in [9.17, 15) is 9.90 Å². The van der Waals surface area contributed by atoms with Crippen LogP contribution in [0.2, 0.25) is 0 Å². The summed E-state index contributed by atoms with van der Waals surface area (Å²) < 4.78 is 5.01. The van der Waals surface area contributed by atoms with E-state index in [-0.39, 0.29) is 12.1 Å². The summed E-state index contributed by atoms with van der Waals surface area (Å²) in [4.78, 5) is 11.1. The number of unbranched alkanes of at least 4 members (excludes halogenated alkanes) is 5. The van der Waals surface area contributed by atoms with Crippen LogP contribution in [0.3, 0.4) is 0 Å². The lowest BCUT2D eigenvalue weighted by molar-refractivity contribution is -0.139. The number of rotatable bonds is 12. The lowest BCUT2D eigenvalue weighted by atomic mass is 10.0. The minimum Gasteiger partial charge on any atom is -0.462 e. The van der Waals surface area contributed by atoms with Gasteiger partial charge in [0.05, 0.1) is 12.7 Å². The average molecular weight is 270 g/mol. The number of esters is 1. The van der Waals surface area contributed by atoms with Gasteiger partial charge in [-0.2, -0.15) is 0 Å². The second kappa shape index (κ2) is 12.2. The van der Waals surface area contributed by atoms with Crippen LogP contribution in [0.15, 0.2) is 12.2 Å². The third-order valence-corrected chi connectivity index (χ3v) is 3.15. The fourth-order valence-electron chi connectivity index (χ4n) is 1.88. The highest BCUT2D eigenvalue weighted by Crippen LogP contribution is 2.11. The second-order valence-electron chi connectivity index (χ2n) is 5.27. The number of hydrogen-bond acceptors (Lipinski definition) is 3. The molecule has 0 rings (SSSR count). The molecule has 0 aliphatic carbocycles. The molecule has 3 heteroatoms. The summed E-state index contributed by atoms with van der Waals surface area (Å²) in [5.41, 5.74) is 0.459. The molecule has 0 heterocycles. The third kappa shape index (κ3) is 12.0. The summed E-state index contributed by atoms with van der Waals surface area (Å²) in [7, 11) is 0. The minimum absolute atomic E-state index is 0.114. The van der Waals surface area contributed by atoms with Gasteiger partial charge in [0.1, 0.15) is 0 Å². The predicted octanol–water partition coefficient (Wildman–Crippen LogP) is 4.00. The number of aliphatic hydroxyl groups is 1. The summed E-state index contributed by atoms with van der Waals surface area (Å²) in [6.45, 7) is 7.83. The Hall–Kier alpha value is -0.830. The molecule has 3 nitrogen and oxygen atoms in total. The first kappa shape index (κ1) is 18.2. The van der Waals surface area contributed by atoms with Crippen LogP contribution in [0.5, 0.6) is 0 Å². The van der Waals surface area contributed by atoms with Crippen LogP contribution < -0.4 is 0 Å². The van der Waals surface area contributed by atoms with Crippen molar-refractivity contribution >= 4 is 5.97 Å². The van der Waals surface area contributed by atoms with E-state index >= 15 is 0 Å². The van der Waals surface area contributed by atoms with E-state index in [1.165, 1.54) is 0 Å². The SMILES string of the molecule is C=C(C)C(=O)OCCCCCCCC(O)CCCC. The average Bonchev–Trinajstić information content (AvgIpc) is 2.38. The number of ether oxygens (including phenoxy) is 1. The lowest BCUT2D eigenvalue weighted by Crippen LogP contribution is -2.06. The van der Waals surface area contributed by atoms with Crippen molar-refractivity contribution < 1.29 is 14.6 Å². The van der Waals surface area contributed by atoms with E-state index in [0.29, 0.717) is 12.2 Å². The first-order valence-electron chi connectivity index (χ1n) is 7.58. The van der Waals surface area contributed by atoms with Gasteiger partial charge in [-0.3, -0.25) is 0 Å². The zero-order valence-corrected chi connectivity index (χ0v) is 12.6. The van der Waals surface area contributed by atoms with Gasteiger partial charge in [-0.25, -0.2) is 4.79 Å². The molecule has 0 aromatic rings. The molecular weight excluding hydrogens is 240 g/mol. The van der Waals surface area contributed by atoms with Gasteiger partial charge in [0, 0.05) is 5.57 Å². The topological polar surface area (TPSA) is 46.5 Å². The van der Waals surface area contributed by atoms with Gasteiger partial charge in [0.2, 0.25) is 0 Å². The molecule has 0 aromatic heterocycles. The summed E-state index contributed by atoms with van der Waals surface area (Å²) in [5.74, 6) is -0.293. The third-order valence-electron chi connectivity index (χ3n) is 3.15. The van der Waals surface area contributed by atoms with E-state index in [0.717, 1.165) is 57.8 Å². The number of hydrogen-bond donors (Lipinski definition) is 1. The molecule has 1 unspecified atom stereocenters. The maximum Gasteiger partial charge on any atom is 0.333 e. The van der Waals surface area contributed by atoms with Crippen molar-refractivity contribution in [1.82, 2.24) is 0 Å². The molecule has 0 aliphatic rings. The van der Waals surface area contributed by atoms with Crippen molar-refractivity contribution in [3.8, 4) is 0 Å². The molecule has 0 saturated heterocycles. The quantitative estimate of drug-likeness (QED) is 0.331. The van der Waals surface area contributed by atoms with Gasteiger partial charge in [-0.15, -0.1) is 0 Å². The van der Waals surface area contributed by atoms with E-state index in [1.54, 1.807) is 6.92 Å². The van der Waals surface area contributed by atoms with E-state index < -0.39 is 0 Å². The molecule has 0 bridgehead atoms. The highest BCUT2D eigenvalue weighted by molar-refractivity contribution is 5.86. The van der Waals surface area contributed by atoms with Crippen molar-refractivity contribution in [2.24, 2.45) is 0 Å². The van der Waals surface area contributed by atoms with Gasteiger partial charge in [0.25, 0.3) is 0 Å². The molecule has 0 amide bonds. The van der Waals surface area contributed by atoms with Crippen LogP contribution in [0, 0.1) is 0 Å². The maximum atomic E-state index is 11.1. The predicted molar refractivity (Wildman–Crippen MR) is 79.0 cm³/mol. The van der Waals surface area contributed by atoms with E-state index in [4.69, 9.17) is 4.74 Å². The summed E-state index contributed by atoms with van der Waals surface area (Å²) in [6, 6.07) is 0. The minimum atomic E-state index is -0.293. The number of aliphatic hydroxyl groups excluding tert-OH is 1. The highest BCUT2D eigenvalue weighted by atomic mass is 16.5. The first-order chi connectivity index (χ1) is 9.07. The largest absolute Gasteiger partial charge is 0.462 e. The van der Waals surface area contributed by atoms with Crippen LogP contribution in [0.4, 0.5) is 0 Å². The van der Waals surface area contributed by atoms with Gasteiger partial charge >= 0.3 is 5.97 Å². The Labute approximate surface area is 118 Å². The molecule has 19 heavy (non-hydrogen) atoms. The molecule has 0 spiro atoms. The Kier molecular flexibility index (Phi) is 11.7. The normalized spacial score (nSPS) is 12.2. The van der Waals surface area contributed by atoms with E-state index in [1.807, 2.05) is 0 Å². The van der Waals surface area contributed by atoms with Crippen molar-refractivity contribution in [3.05, 3.63) is 12.2 Å². The van der Waals surface area contributed by atoms with Gasteiger partial charge in [0.15, 0.2) is 0 Å². The Morgan fingerprint density at radius 1 is 1.11 bits per heavy atom. The second-order valence-corrected chi connectivity index (χ2v) is 5.27. The standard InChI is InChI=1S/C16H30O3/c1-4-5-11-15(17)12-9-7-6-8-10-13-19-16(18)14(2)3/h15,17H,2,4-13H2,1,3H3. The fourth-order valence-corrected chi connectivity index (χ4v) is 1.88. The van der Waals surface area contributed by atoms with E-state index in [2.05, 4.69) is 13.5 Å². The van der Waals surface area contributed by atoms with Crippen LogP contribution in [-0.4, -0.2) is 23.8 Å². The Morgan fingerprint density at radius 3 is 2.32 bits per heavy atom. The fraction of sp³-hybridized carbons (Fsp3) is 0.812. The Morgan fingerprint density at radius 2 is 1.68 bits per heavy atom. The summed E-state index contributed by atoms with van der Waals surface area (Å²) >= 11 is 0. The molecule has 0 fully saturated rings. The molecule has 1 N–H and O–H groups in total. The number of carbonyl (C=O) groups excluding carboxylic acids is 1. The molecule has 112 valence electrons. The zero-order valence-electron chi connectivity index (χ0n) is 12.6. The van der Waals surface area contributed by atoms with Gasteiger partial charge in [-0.05, 0) is 26.2 Å². The van der Waals surface area contributed by atoms with Gasteiger partial charge < -0.3 is 9.84 Å². The molecule has 0 aromatic carbocycles. The van der Waals surface area contributed by atoms with Crippen LogP contribution in [-0.2, 0) is 9.53 Å². The smallest absolute Gasteiger partial charge is 0.333 e. The molecule has 0 saturated carbocycles. The number of carbonyl (C=O) groups is 1. The molecule has 1 atom stereocenters.